The predicted molar refractivity (Wildman–Crippen MR) is 136 cm³/mol. The van der Waals surface area contributed by atoms with Gasteiger partial charge in [0.15, 0.2) is 17.3 Å². The number of rotatable bonds is 8. The second kappa shape index (κ2) is 11.3. The highest BCUT2D eigenvalue weighted by atomic mass is 19.1. The zero-order valence-corrected chi connectivity index (χ0v) is 19.4. The van der Waals surface area contributed by atoms with Gasteiger partial charge < -0.3 is 25.4 Å². The normalized spacial score (nSPS) is 17.8. The third-order valence-corrected chi connectivity index (χ3v) is 6.26. The lowest BCUT2D eigenvalue weighted by atomic mass is 9.86. The topological polar surface area (TPSA) is 82.5 Å². The van der Waals surface area contributed by atoms with E-state index in [1.165, 1.54) is 13.2 Å². The number of fused-ring (bicyclic) bond motifs is 1. The zero-order valence-electron chi connectivity index (χ0n) is 19.4. The van der Waals surface area contributed by atoms with E-state index < -0.39 is 11.6 Å². The summed E-state index contributed by atoms with van der Waals surface area (Å²) in [5.41, 5.74) is 1.70. The Morgan fingerprint density at radius 2 is 1.85 bits per heavy atom. The van der Waals surface area contributed by atoms with E-state index in [0.717, 1.165) is 54.5 Å². The molecule has 0 amide bonds. The molecular formula is C26H36FN5O2. The largest absolute Gasteiger partial charge is 0.502 e. The molecule has 0 atom stereocenters. The fourth-order valence-electron chi connectivity index (χ4n) is 4.46. The van der Waals surface area contributed by atoms with Crippen LogP contribution in [0.25, 0.3) is 10.9 Å². The van der Waals surface area contributed by atoms with Gasteiger partial charge in [-0.2, -0.15) is 4.98 Å². The molecule has 3 N–H and O–H groups in total. The number of aromatic nitrogens is 2. The van der Waals surface area contributed by atoms with Crippen LogP contribution in [-0.2, 0) is 6.54 Å². The number of methoxy groups -OCH3 is 1. The molecular weight excluding hydrogens is 433 g/mol. The molecule has 0 bridgehead atoms. The molecule has 0 spiro atoms. The summed E-state index contributed by atoms with van der Waals surface area (Å²) in [5.74, 6) is 1.23. The summed E-state index contributed by atoms with van der Waals surface area (Å²) >= 11 is 0. The fraction of sp³-hybridized carbons (Fsp3) is 0.462. The van der Waals surface area contributed by atoms with Gasteiger partial charge in [0.2, 0.25) is 5.95 Å². The molecule has 0 unspecified atom stereocenters. The van der Waals surface area contributed by atoms with Gasteiger partial charge in [0.05, 0.1) is 12.6 Å². The number of phenols is 1. The van der Waals surface area contributed by atoms with Crippen molar-refractivity contribution >= 4 is 22.7 Å². The van der Waals surface area contributed by atoms with Crippen LogP contribution in [0.4, 0.5) is 16.2 Å². The summed E-state index contributed by atoms with van der Waals surface area (Å²) < 4.78 is 18.8. The molecule has 3 aromatic rings. The highest BCUT2D eigenvalue weighted by Gasteiger charge is 2.22. The van der Waals surface area contributed by atoms with Crippen molar-refractivity contribution in [1.82, 2.24) is 15.3 Å². The summed E-state index contributed by atoms with van der Waals surface area (Å²) in [7, 11) is 5.42. The second-order valence-corrected chi connectivity index (χ2v) is 8.90. The number of nitrogens with zero attached hydrogens (tertiary/aromatic N) is 3. The highest BCUT2D eigenvalue weighted by Crippen LogP contribution is 2.31. The van der Waals surface area contributed by atoms with Crippen LogP contribution in [0.1, 0.15) is 38.7 Å². The van der Waals surface area contributed by atoms with Gasteiger partial charge in [0.1, 0.15) is 5.82 Å². The van der Waals surface area contributed by atoms with Crippen molar-refractivity contribution in [2.45, 2.75) is 45.7 Å². The summed E-state index contributed by atoms with van der Waals surface area (Å²) in [6.07, 6.45) is 4.32. The van der Waals surface area contributed by atoms with Crippen molar-refractivity contribution in [3.8, 4) is 11.5 Å². The summed E-state index contributed by atoms with van der Waals surface area (Å²) in [6.45, 7) is 1.40. The van der Waals surface area contributed by atoms with Crippen LogP contribution in [-0.4, -0.2) is 48.9 Å². The van der Waals surface area contributed by atoms with E-state index in [0.29, 0.717) is 24.5 Å². The molecule has 1 saturated carbocycles. The minimum Gasteiger partial charge on any atom is -0.502 e. The molecule has 0 aliphatic heterocycles. The molecule has 1 heterocycles. The van der Waals surface area contributed by atoms with Crippen molar-refractivity contribution in [2.75, 3.05) is 38.0 Å². The van der Waals surface area contributed by atoms with Crippen LogP contribution < -0.4 is 20.3 Å². The molecule has 184 valence electrons. The average Bonchev–Trinajstić information content (AvgIpc) is 2.81. The standard InChI is InChI=1S/C25H32FN5O2.CH4/c1-31(2)24-19-6-4-5-7-21(19)29-25(30-24)28-18-10-8-16(9-11-18)14-27-15-17-12-20(26)23(32)22(13-17)33-3;/h4-7,12-13,16,18,27,32H,8-11,14-15H2,1-3H3,(H,28,29,30);1H4. The van der Waals surface area contributed by atoms with Gasteiger partial charge in [-0.1, -0.05) is 19.6 Å². The van der Waals surface area contributed by atoms with Crippen LogP contribution in [0.2, 0.25) is 0 Å². The van der Waals surface area contributed by atoms with E-state index in [2.05, 4.69) is 16.7 Å². The number of ether oxygens (including phenoxy) is 1. The van der Waals surface area contributed by atoms with E-state index in [1.54, 1.807) is 6.07 Å². The van der Waals surface area contributed by atoms with Gasteiger partial charge >= 0.3 is 0 Å². The molecule has 34 heavy (non-hydrogen) atoms. The van der Waals surface area contributed by atoms with Crippen LogP contribution >= 0.6 is 0 Å². The lowest BCUT2D eigenvalue weighted by molar-refractivity contribution is 0.323. The first kappa shape index (κ1) is 25.5. The van der Waals surface area contributed by atoms with Crippen molar-refractivity contribution in [3.63, 3.8) is 0 Å². The van der Waals surface area contributed by atoms with Gasteiger partial charge in [0, 0.05) is 32.1 Å². The maximum atomic E-state index is 13.8. The highest BCUT2D eigenvalue weighted by molar-refractivity contribution is 5.90. The van der Waals surface area contributed by atoms with E-state index in [4.69, 9.17) is 14.7 Å². The first-order valence-corrected chi connectivity index (χ1v) is 11.4. The van der Waals surface area contributed by atoms with Gasteiger partial charge in [-0.3, -0.25) is 0 Å². The maximum Gasteiger partial charge on any atom is 0.225 e. The molecule has 8 heteroatoms. The Balaban J connectivity index is 0.00000324. The summed E-state index contributed by atoms with van der Waals surface area (Å²) in [4.78, 5) is 11.5. The number of halogens is 1. The number of para-hydroxylation sites is 1. The Labute approximate surface area is 201 Å². The Morgan fingerprint density at radius 1 is 1.12 bits per heavy atom. The number of aromatic hydroxyl groups is 1. The fourth-order valence-corrected chi connectivity index (χ4v) is 4.46. The molecule has 1 fully saturated rings. The smallest absolute Gasteiger partial charge is 0.225 e. The maximum absolute atomic E-state index is 13.8. The minimum absolute atomic E-state index is 0. The van der Waals surface area contributed by atoms with Crippen molar-refractivity contribution in [3.05, 3.63) is 47.8 Å². The monoisotopic (exact) mass is 469 g/mol. The molecule has 7 nitrogen and oxygen atoms in total. The minimum atomic E-state index is -0.661. The Bertz CT molecular complexity index is 1100. The number of anilines is 2. The van der Waals surface area contributed by atoms with Gasteiger partial charge in [-0.15, -0.1) is 0 Å². The SMILES string of the molecule is C.COc1cc(CNCC2CCC(Nc3nc(N(C)C)c4ccccc4n3)CC2)cc(F)c1O. The molecule has 4 rings (SSSR count). The molecule has 1 aliphatic rings. The van der Waals surface area contributed by atoms with E-state index >= 15 is 0 Å². The number of nitrogens with one attached hydrogen (secondary N) is 2. The zero-order chi connectivity index (χ0) is 23.4. The lowest BCUT2D eigenvalue weighted by Gasteiger charge is -2.29. The number of hydrogen-bond donors (Lipinski definition) is 3. The number of benzene rings is 2. The molecule has 1 aliphatic carbocycles. The van der Waals surface area contributed by atoms with E-state index in [9.17, 15) is 9.50 Å². The molecule has 2 aromatic carbocycles. The van der Waals surface area contributed by atoms with Gasteiger partial charge in [0.25, 0.3) is 0 Å². The number of phenolic OH excluding ortho intramolecular Hbond substituents is 1. The summed E-state index contributed by atoms with van der Waals surface area (Å²) in [6, 6.07) is 11.4. The predicted octanol–water partition coefficient (Wildman–Crippen LogP) is 4.95. The van der Waals surface area contributed by atoms with Gasteiger partial charge in [-0.05, 0) is 68.0 Å². The van der Waals surface area contributed by atoms with Crippen molar-refractivity contribution in [2.24, 2.45) is 5.92 Å². The Morgan fingerprint density at radius 3 is 2.56 bits per heavy atom. The van der Waals surface area contributed by atoms with E-state index in [-0.39, 0.29) is 13.2 Å². The molecule has 0 saturated heterocycles. The third-order valence-electron chi connectivity index (χ3n) is 6.26. The third kappa shape index (κ3) is 5.86. The Hall–Kier alpha value is -3.13. The molecule has 1 aromatic heterocycles. The van der Waals surface area contributed by atoms with Crippen LogP contribution in [0.15, 0.2) is 36.4 Å². The first-order chi connectivity index (χ1) is 15.9. The lowest BCUT2D eigenvalue weighted by Crippen LogP contribution is -2.31. The van der Waals surface area contributed by atoms with Crippen LogP contribution in [0.3, 0.4) is 0 Å². The Kier molecular flexibility index (Phi) is 8.50. The van der Waals surface area contributed by atoms with Crippen molar-refractivity contribution < 1.29 is 14.2 Å². The van der Waals surface area contributed by atoms with Crippen LogP contribution in [0.5, 0.6) is 11.5 Å². The second-order valence-electron chi connectivity index (χ2n) is 8.90. The van der Waals surface area contributed by atoms with Crippen molar-refractivity contribution in [1.29, 1.82) is 0 Å². The average molecular weight is 470 g/mol. The van der Waals surface area contributed by atoms with Gasteiger partial charge in [-0.25, -0.2) is 9.37 Å². The van der Waals surface area contributed by atoms with Crippen LogP contribution in [0, 0.1) is 11.7 Å². The first-order valence-electron chi connectivity index (χ1n) is 11.4. The molecule has 0 radical (unpaired) electrons. The quantitative estimate of drug-likeness (QED) is 0.431. The van der Waals surface area contributed by atoms with E-state index in [1.807, 2.05) is 37.2 Å². The summed E-state index contributed by atoms with van der Waals surface area (Å²) in [5, 5.41) is 17.7. The number of hydrogen-bond acceptors (Lipinski definition) is 7.